The maximum atomic E-state index is 11.4. The number of hydrogen-bond donors (Lipinski definition) is 2. The number of carbonyl (C=O) groups is 1. The summed E-state index contributed by atoms with van der Waals surface area (Å²) in [6, 6.07) is 23.2. The Hall–Kier alpha value is -3.68. The van der Waals surface area contributed by atoms with Gasteiger partial charge in [-0.1, -0.05) is 35.9 Å². The van der Waals surface area contributed by atoms with Gasteiger partial charge in [-0.15, -0.1) is 0 Å². The second-order valence-corrected chi connectivity index (χ2v) is 8.33. The summed E-state index contributed by atoms with van der Waals surface area (Å²) in [5.74, 6) is 0.0906. The summed E-state index contributed by atoms with van der Waals surface area (Å²) in [5.41, 5.74) is 2.39. The number of aromatic nitrogens is 1. The van der Waals surface area contributed by atoms with E-state index in [-0.39, 0.29) is 17.6 Å². The van der Waals surface area contributed by atoms with Gasteiger partial charge in [-0.3, -0.25) is 4.98 Å². The molecule has 4 aromatic rings. The topological polar surface area (TPSA) is 78.6 Å². The molecule has 0 saturated carbocycles. The zero-order chi connectivity index (χ0) is 22.9. The summed E-state index contributed by atoms with van der Waals surface area (Å²) in [4.78, 5) is 18.0. The van der Waals surface area contributed by atoms with Crippen molar-refractivity contribution in [2.24, 2.45) is 0 Å². The number of anilines is 1. The van der Waals surface area contributed by atoms with E-state index in [1.165, 1.54) is 12.1 Å². The first-order valence-electron chi connectivity index (χ1n) is 10.2. The predicted molar refractivity (Wildman–Crippen MR) is 130 cm³/mol. The van der Waals surface area contributed by atoms with E-state index in [9.17, 15) is 9.90 Å². The zero-order valence-corrected chi connectivity index (χ0v) is 18.8. The molecule has 2 atom stereocenters. The number of nitrogens with one attached hydrogen (secondary N) is 1. The molecule has 33 heavy (non-hydrogen) atoms. The van der Waals surface area contributed by atoms with E-state index in [1.54, 1.807) is 18.3 Å². The van der Waals surface area contributed by atoms with Gasteiger partial charge in [-0.05, 0) is 66.8 Å². The molecule has 2 unspecified atom stereocenters. The second kappa shape index (κ2) is 8.69. The van der Waals surface area contributed by atoms with Gasteiger partial charge in [0.1, 0.15) is 17.6 Å². The van der Waals surface area contributed by atoms with Crippen molar-refractivity contribution >= 4 is 40.6 Å². The molecule has 0 radical (unpaired) electrons. The summed E-state index contributed by atoms with van der Waals surface area (Å²) >= 11 is 12.1. The van der Waals surface area contributed by atoms with Crippen molar-refractivity contribution in [2.45, 2.75) is 12.1 Å². The van der Waals surface area contributed by atoms with Crippen molar-refractivity contribution in [1.82, 2.24) is 10.3 Å². The molecule has 164 valence electrons. The Balaban J connectivity index is 1.61. The number of furan rings is 1. The third kappa shape index (κ3) is 3.97. The first kappa shape index (κ1) is 21.2. The number of benzene rings is 2. The van der Waals surface area contributed by atoms with Crippen LogP contribution in [0.2, 0.25) is 5.02 Å². The zero-order valence-electron chi connectivity index (χ0n) is 17.2. The molecule has 3 heterocycles. The van der Waals surface area contributed by atoms with Crippen LogP contribution in [0.1, 0.15) is 33.9 Å². The van der Waals surface area contributed by atoms with Gasteiger partial charge in [0.25, 0.3) is 0 Å². The maximum absolute atomic E-state index is 11.4. The van der Waals surface area contributed by atoms with Gasteiger partial charge >= 0.3 is 5.97 Å². The van der Waals surface area contributed by atoms with Gasteiger partial charge in [0.15, 0.2) is 5.11 Å². The molecule has 0 spiro atoms. The molecule has 0 aliphatic carbocycles. The Morgan fingerprint density at radius 2 is 1.85 bits per heavy atom. The van der Waals surface area contributed by atoms with Gasteiger partial charge in [0, 0.05) is 17.4 Å². The predicted octanol–water partition coefficient (Wildman–Crippen LogP) is 5.87. The molecular weight excluding hydrogens is 458 g/mol. The molecule has 0 amide bonds. The van der Waals surface area contributed by atoms with E-state index in [0.717, 1.165) is 11.4 Å². The molecule has 1 aliphatic heterocycles. The van der Waals surface area contributed by atoms with E-state index in [2.05, 4.69) is 10.3 Å². The highest BCUT2D eigenvalue weighted by molar-refractivity contribution is 7.80. The van der Waals surface area contributed by atoms with Gasteiger partial charge in [-0.2, -0.15) is 0 Å². The number of carboxylic acid groups (broad SMARTS) is 1. The third-order valence-electron chi connectivity index (χ3n) is 5.53. The van der Waals surface area contributed by atoms with E-state index >= 15 is 0 Å². The monoisotopic (exact) mass is 475 g/mol. The van der Waals surface area contributed by atoms with Crippen LogP contribution in [-0.2, 0) is 0 Å². The van der Waals surface area contributed by atoms with Crippen molar-refractivity contribution in [3.63, 3.8) is 0 Å². The number of aromatic carboxylic acids is 1. The Labute approximate surface area is 200 Å². The average Bonchev–Trinajstić information content (AvgIpc) is 3.45. The molecule has 2 N–H and O–H groups in total. The summed E-state index contributed by atoms with van der Waals surface area (Å²) < 4.78 is 6.27. The number of halogens is 1. The number of hydrogen-bond acceptors (Lipinski definition) is 4. The van der Waals surface area contributed by atoms with Crippen LogP contribution in [0.25, 0.3) is 11.3 Å². The molecule has 1 saturated heterocycles. The smallest absolute Gasteiger partial charge is 0.335 e. The summed E-state index contributed by atoms with van der Waals surface area (Å²) in [6.45, 7) is 0. The van der Waals surface area contributed by atoms with Crippen molar-refractivity contribution in [1.29, 1.82) is 0 Å². The summed E-state index contributed by atoms with van der Waals surface area (Å²) in [5, 5.41) is 13.7. The second-order valence-electron chi connectivity index (χ2n) is 7.53. The van der Waals surface area contributed by atoms with Crippen molar-refractivity contribution in [2.75, 3.05) is 4.90 Å². The molecule has 5 rings (SSSR count). The molecule has 0 bridgehead atoms. The maximum Gasteiger partial charge on any atom is 0.335 e. The highest BCUT2D eigenvalue weighted by Gasteiger charge is 2.42. The highest BCUT2D eigenvalue weighted by atomic mass is 35.5. The molecule has 6 nitrogen and oxygen atoms in total. The molecule has 1 aliphatic rings. The summed E-state index contributed by atoms with van der Waals surface area (Å²) in [6.07, 6.45) is 1.74. The lowest BCUT2D eigenvalue weighted by atomic mass is 10.0. The fourth-order valence-corrected chi connectivity index (χ4v) is 4.57. The van der Waals surface area contributed by atoms with Crippen LogP contribution in [0, 0.1) is 0 Å². The van der Waals surface area contributed by atoms with Crippen LogP contribution in [0.4, 0.5) is 5.69 Å². The first-order valence-corrected chi connectivity index (χ1v) is 11.0. The van der Waals surface area contributed by atoms with E-state index in [4.69, 9.17) is 28.2 Å². The normalized spacial score (nSPS) is 17.7. The SMILES string of the molecule is O=C(O)c1ccc(Cl)c(-c2ccc(C3C(c4ccccn4)NC(=S)N3c3ccccc3)o2)c1. The molecular formula is C25H18ClN3O3S. The van der Waals surface area contributed by atoms with E-state index in [1.807, 2.05) is 59.5 Å². The van der Waals surface area contributed by atoms with Gasteiger partial charge < -0.3 is 19.7 Å². The Bertz CT molecular complexity index is 1330. The lowest BCUT2D eigenvalue weighted by Gasteiger charge is -2.26. The molecule has 2 aromatic carbocycles. The first-order chi connectivity index (χ1) is 16.0. The third-order valence-corrected chi connectivity index (χ3v) is 6.17. The number of thiocarbonyl (C=S) groups is 1. The van der Waals surface area contributed by atoms with Crippen molar-refractivity contribution < 1.29 is 14.3 Å². The number of carboxylic acids is 1. The summed E-state index contributed by atoms with van der Waals surface area (Å²) in [7, 11) is 0. The largest absolute Gasteiger partial charge is 0.478 e. The quantitative estimate of drug-likeness (QED) is 0.349. The van der Waals surface area contributed by atoms with Crippen LogP contribution in [-0.4, -0.2) is 21.2 Å². The van der Waals surface area contributed by atoms with Gasteiger partial charge in [-0.25, -0.2) is 4.79 Å². The van der Waals surface area contributed by atoms with Crippen LogP contribution in [0.5, 0.6) is 0 Å². The molecule has 1 fully saturated rings. The minimum absolute atomic E-state index is 0.133. The van der Waals surface area contributed by atoms with Crippen LogP contribution >= 0.6 is 23.8 Å². The van der Waals surface area contributed by atoms with Gasteiger partial charge in [0.2, 0.25) is 0 Å². The van der Waals surface area contributed by atoms with Crippen LogP contribution in [0.15, 0.2) is 89.5 Å². The lowest BCUT2D eigenvalue weighted by Crippen LogP contribution is -2.29. The molecule has 2 aromatic heterocycles. The Kier molecular flexibility index (Phi) is 5.58. The number of pyridine rings is 1. The highest BCUT2D eigenvalue weighted by Crippen LogP contribution is 2.43. The van der Waals surface area contributed by atoms with Gasteiger partial charge in [0.05, 0.1) is 22.3 Å². The Morgan fingerprint density at radius 1 is 1.06 bits per heavy atom. The minimum Gasteiger partial charge on any atom is -0.478 e. The average molecular weight is 476 g/mol. The minimum atomic E-state index is -1.03. The van der Waals surface area contributed by atoms with Crippen molar-refractivity contribution in [3.8, 4) is 11.3 Å². The van der Waals surface area contributed by atoms with Crippen molar-refractivity contribution in [3.05, 3.63) is 107 Å². The lowest BCUT2D eigenvalue weighted by molar-refractivity contribution is 0.0697. The Morgan fingerprint density at radius 3 is 2.58 bits per heavy atom. The fourth-order valence-electron chi connectivity index (χ4n) is 4.01. The molecule has 8 heteroatoms. The van der Waals surface area contributed by atoms with E-state index < -0.39 is 5.97 Å². The standard InChI is InChI=1S/C25H18ClN3O3S/c26-18-10-9-15(24(30)31)14-17(18)20-11-12-21(32-20)23-22(19-8-4-5-13-27-19)28-25(33)29(23)16-6-2-1-3-7-16/h1-14,22-23H,(H,28,33)(H,30,31). The number of rotatable bonds is 5. The van der Waals surface area contributed by atoms with Crippen LogP contribution < -0.4 is 10.2 Å². The van der Waals surface area contributed by atoms with Crippen LogP contribution in [0.3, 0.4) is 0 Å². The fraction of sp³-hybridized carbons (Fsp3) is 0.0800. The van der Waals surface area contributed by atoms with E-state index in [0.29, 0.717) is 27.2 Å². The number of nitrogens with zero attached hydrogens (tertiary/aromatic N) is 2. The number of para-hydroxylation sites is 1.